The fourth-order valence-corrected chi connectivity index (χ4v) is 2.77. The largest absolute Gasteiger partial charge is 0.307 e. The molecule has 0 saturated carbocycles. The Morgan fingerprint density at radius 2 is 2.25 bits per heavy atom. The van der Waals surface area contributed by atoms with Gasteiger partial charge in [-0.15, -0.1) is 0 Å². The van der Waals surface area contributed by atoms with Crippen molar-refractivity contribution in [3.63, 3.8) is 0 Å². The number of aromatic nitrogens is 1. The topological polar surface area (TPSA) is 24.9 Å². The van der Waals surface area contributed by atoms with Crippen LogP contribution in [-0.2, 0) is 0 Å². The minimum Gasteiger partial charge on any atom is -0.307 e. The average Bonchev–Trinajstić information content (AvgIpc) is 2.63. The summed E-state index contributed by atoms with van der Waals surface area (Å²) >= 11 is 0. The van der Waals surface area contributed by atoms with Gasteiger partial charge in [-0.1, -0.05) is 6.08 Å². The summed E-state index contributed by atoms with van der Waals surface area (Å²) in [7, 11) is 0. The molecule has 0 spiro atoms. The summed E-state index contributed by atoms with van der Waals surface area (Å²) in [6.45, 7) is 0. The van der Waals surface area contributed by atoms with Crippen molar-refractivity contribution in [2.24, 2.45) is 0 Å². The van der Waals surface area contributed by atoms with Gasteiger partial charge in [-0.2, -0.15) is 4.39 Å². The molecule has 16 heavy (non-hydrogen) atoms. The number of pyridine rings is 1. The number of allylic oxidation sites excluding steroid dienone is 1. The van der Waals surface area contributed by atoms with E-state index in [0.717, 1.165) is 18.4 Å². The van der Waals surface area contributed by atoms with E-state index in [4.69, 9.17) is 0 Å². The maximum Gasteiger partial charge on any atom is 0.220 e. The number of halogens is 1. The molecule has 0 unspecified atom stereocenters. The molecule has 1 fully saturated rings. The molecule has 1 aromatic heterocycles. The van der Waals surface area contributed by atoms with Crippen LogP contribution in [0.4, 0.5) is 4.39 Å². The second-order valence-corrected chi connectivity index (χ2v) is 4.57. The molecule has 2 aliphatic rings. The number of hydrogen-bond acceptors (Lipinski definition) is 2. The summed E-state index contributed by atoms with van der Waals surface area (Å²) in [5.74, 6) is -0.346. The van der Waals surface area contributed by atoms with Crippen LogP contribution in [0.1, 0.15) is 31.2 Å². The number of fused-ring (bicyclic) bond motifs is 2. The minimum absolute atomic E-state index is 0.325. The lowest BCUT2D eigenvalue weighted by molar-refractivity contribution is 0.557. The predicted octanol–water partition coefficient (Wildman–Crippen LogP) is 2.52. The van der Waals surface area contributed by atoms with Crippen molar-refractivity contribution in [1.82, 2.24) is 10.3 Å². The zero-order valence-electron chi connectivity index (χ0n) is 9.12. The number of nitrogens with zero attached hydrogens (tertiary/aromatic N) is 1. The summed E-state index contributed by atoms with van der Waals surface area (Å²) in [6.07, 6.45) is 8.21. The molecule has 2 aliphatic heterocycles. The predicted molar refractivity (Wildman–Crippen MR) is 61.4 cm³/mol. The van der Waals surface area contributed by atoms with E-state index < -0.39 is 0 Å². The standard InChI is InChI=1S/C13H15FN2/c14-13-11(5-2-8-15-13)10-4-1-3-9-6-7-12(10)16-9/h2,4-5,8-9,12,16H,1,3,6-7H2/t9-,12-/m1/s1. The highest BCUT2D eigenvalue weighted by Crippen LogP contribution is 2.32. The van der Waals surface area contributed by atoms with Crippen LogP contribution in [0.2, 0.25) is 0 Å². The summed E-state index contributed by atoms with van der Waals surface area (Å²) in [6, 6.07) is 4.58. The lowest BCUT2D eigenvalue weighted by Crippen LogP contribution is -2.28. The van der Waals surface area contributed by atoms with Crippen molar-refractivity contribution >= 4 is 5.57 Å². The van der Waals surface area contributed by atoms with Gasteiger partial charge in [0.15, 0.2) is 0 Å². The lowest BCUT2D eigenvalue weighted by Gasteiger charge is -2.15. The molecule has 2 atom stereocenters. The van der Waals surface area contributed by atoms with Crippen LogP contribution in [0.5, 0.6) is 0 Å². The molecule has 84 valence electrons. The summed E-state index contributed by atoms with van der Waals surface area (Å²) in [4.78, 5) is 3.73. The zero-order valence-corrected chi connectivity index (χ0v) is 9.12. The highest BCUT2D eigenvalue weighted by atomic mass is 19.1. The van der Waals surface area contributed by atoms with Gasteiger partial charge in [-0.3, -0.25) is 0 Å². The molecule has 3 heterocycles. The van der Waals surface area contributed by atoms with E-state index in [1.807, 2.05) is 6.07 Å². The van der Waals surface area contributed by atoms with Crippen LogP contribution in [-0.4, -0.2) is 17.1 Å². The van der Waals surface area contributed by atoms with E-state index in [1.54, 1.807) is 6.07 Å². The molecular formula is C13H15FN2. The minimum atomic E-state index is -0.346. The molecule has 3 rings (SSSR count). The Balaban J connectivity index is 1.99. The monoisotopic (exact) mass is 218 g/mol. The maximum absolute atomic E-state index is 13.7. The Bertz CT molecular complexity index is 428. The van der Waals surface area contributed by atoms with Crippen molar-refractivity contribution in [2.75, 3.05) is 0 Å². The van der Waals surface area contributed by atoms with Gasteiger partial charge in [0.05, 0.1) is 0 Å². The van der Waals surface area contributed by atoms with Crippen molar-refractivity contribution in [3.05, 3.63) is 35.9 Å². The summed E-state index contributed by atoms with van der Waals surface area (Å²) < 4.78 is 13.7. The molecule has 0 radical (unpaired) electrons. The first-order chi connectivity index (χ1) is 7.84. The van der Waals surface area contributed by atoms with Crippen LogP contribution in [0.15, 0.2) is 24.4 Å². The van der Waals surface area contributed by atoms with E-state index in [2.05, 4.69) is 16.4 Å². The van der Waals surface area contributed by atoms with E-state index in [1.165, 1.54) is 19.0 Å². The number of hydrogen-bond donors (Lipinski definition) is 1. The quantitative estimate of drug-likeness (QED) is 0.733. The third-order valence-corrected chi connectivity index (χ3v) is 3.57. The normalized spacial score (nSPS) is 28.7. The fourth-order valence-electron chi connectivity index (χ4n) is 2.77. The second kappa shape index (κ2) is 3.98. The van der Waals surface area contributed by atoms with Crippen LogP contribution >= 0.6 is 0 Å². The smallest absolute Gasteiger partial charge is 0.220 e. The second-order valence-electron chi connectivity index (χ2n) is 4.57. The fraction of sp³-hybridized carbons (Fsp3) is 0.462. The molecule has 0 aromatic carbocycles. The van der Waals surface area contributed by atoms with E-state index in [9.17, 15) is 4.39 Å². The zero-order chi connectivity index (χ0) is 11.0. The molecule has 2 nitrogen and oxygen atoms in total. The Morgan fingerprint density at radius 1 is 1.31 bits per heavy atom. The first kappa shape index (κ1) is 9.97. The van der Waals surface area contributed by atoms with Crippen molar-refractivity contribution in [3.8, 4) is 0 Å². The van der Waals surface area contributed by atoms with Gasteiger partial charge in [0, 0.05) is 23.8 Å². The van der Waals surface area contributed by atoms with Crippen molar-refractivity contribution in [2.45, 2.75) is 37.8 Å². The molecule has 1 saturated heterocycles. The lowest BCUT2D eigenvalue weighted by atomic mass is 9.95. The van der Waals surface area contributed by atoms with Crippen molar-refractivity contribution < 1.29 is 4.39 Å². The van der Waals surface area contributed by atoms with Gasteiger partial charge in [0.1, 0.15) is 0 Å². The molecule has 2 bridgehead atoms. The van der Waals surface area contributed by atoms with Gasteiger partial charge >= 0.3 is 0 Å². The van der Waals surface area contributed by atoms with Gasteiger partial charge in [-0.05, 0) is 43.4 Å². The number of rotatable bonds is 1. The summed E-state index contributed by atoms with van der Waals surface area (Å²) in [5.41, 5.74) is 1.77. The van der Waals surface area contributed by atoms with Crippen molar-refractivity contribution in [1.29, 1.82) is 0 Å². The molecule has 1 N–H and O–H groups in total. The molecule has 0 aliphatic carbocycles. The first-order valence-corrected chi connectivity index (χ1v) is 5.91. The Morgan fingerprint density at radius 3 is 3.12 bits per heavy atom. The highest BCUT2D eigenvalue weighted by molar-refractivity contribution is 5.70. The molecular weight excluding hydrogens is 203 g/mol. The van der Waals surface area contributed by atoms with Gasteiger partial charge in [-0.25, -0.2) is 4.98 Å². The highest BCUT2D eigenvalue weighted by Gasteiger charge is 2.29. The van der Waals surface area contributed by atoms with Gasteiger partial charge < -0.3 is 5.32 Å². The molecule has 3 heteroatoms. The average molecular weight is 218 g/mol. The maximum atomic E-state index is 13.7. The van der Waals surface area contributed by atoms with E-state index in [0.29, 0.717) is 17.6 Å². The third kappa shape index (κ3) is 1.65. The van der Waals surface area contributed by atoms with Crippen LogP contribution in [0, 0.1) is 5.95 Å². The number of nitrogens with one attached hydrogen (secondary N) is 1. The van der Waals surface area contributed by atoms with Gasteiger partial charge in [0.25, 0.3) is 0 Å². The molecule has 0 amide bonds. The van der Waals surface area contributed by atoms with Crippen LogP contribution in [0.25, 0.3) is 5.57 Å². The summed E-state index contributed by atoms with van der Waals surface area (Å²) in [5, 5.41) is 3.57. The van der Waals surface area contributed by atoms with E-state index in [-0.39, 0.29) is 5.95 Å². The first-order valence-electron chi connectivity index (χ1n) is 5.91. The van der Waals surface area contributed by atoms with Crippen LogP contribution in [0.3, 0.4) is 0 Å². The Kier molecular flexibility index (Phi) is 2.48. The third-order valence-electron chi connectivity index (χ3n) is 3.57. The SMILES string of the molecule is Fc1ncccc1C1=CCC[C@@H]2CC[C@H]1N2. The van der Waals surface area contributed by atoms with Crippen LogP contribution < -0.4 is 5.32 Å². The van der Waals surface area contributed by atoms with E-state index >= 15 is 0 Å². The Labute approximate surface area is 94.6 Å². The Hall–Kier alpha value is -1.22. The molecule has 1 aromatic rings. The van der Waals surface area contributed by atoms with Gasteiger partial charge in [0.2, 0.25) is 5.95 Å².